The summed E-state index contributed by atoms with van der Waals surface area (Å²) in [7, 11) is 2.57. The number of H-pyrrole nitrogens is 1. The summed E-state index contributed by atoms with van der Waals surface area (Å²) in [6.45, 7) is 0. The van der Waals surface area contributed by atoms with Crippen molar-refractivity contribution in [1.29, 1.82) is 0 Å². The molecule has 0 spiro atoms. The summed E-state index contributed by atoms with van der Waals surface area (Å²) in [5.74, 6) is -3.00. The molecule has 0 aliphatic heterocycles. The van der Waals surface area contributed by atoms with Crippen molar-refractivity contribution in [3.05, 3.63) is 68.7 Å². The van der Waals surface area contributed by atoms with Gasteiger partial charge in [-0.1, -0.05) is 0 Å². The maximum atomic E-state index is 14.9. The summed E-state index contributed by atoms with van der Waals surface area (Å²) >= 11 is 0. The van der Waals surface area contributed by atoms with Crippen LogP contribution in [0.3, 0.4) is 0 Å². The van der Waals surface area contributed by atoms with Gasteiger partial charge in [0.25, 0.3) is 5.69 Å². The minimum atomic E-state index is -0.797. The molecule has 1 atom stereocenters. The van der Waals surface area contributed by atoms with Crippen LogP contribution in [0, 0.1) is 27.6 Å². The van der Waals surface area contributed by atoms with Gasteiger partial charge in [-0.15, -0.1) is 0 Å². The number of nitro groups is 1. The van der Waals surface area contributed by atoms with Crippen molar-refractivity contribution in [1.82, 2.24) is 10.2 Å². The Hall–Kier alpha value is -3.56. The van der Waals surface area contributed by atoms with E-state index in [0.717, 1.165) is 24.3 Å². The maximum Gasteiger partial charge on any atom is 0.279 e. The Morgan fingerprint density at radius 3 is 2.42 bits per heavy atom. The number of ether oxygens (including phenoxy) is 2. The molecule has 0 saturated carbocycles. The first kappa shape index (κ1) is 20.7. The molecule has 10 heteroatoms. The van der Waals surface area contributed by atoms with E-state index in [4.69, 9.17) is 9.47 Å². The summed E-state index contributed by atoms with van der Waals surface area (Å²) in [6, 6.07) is 4.32. The van der Waals surface area contributed by atoms with Gasteiger partial charge in [-0.05, 0) is 37.3 Å². The number of halogens is 3. The Bertz CT molecular complexity index is 1150. The lowest BCUT2D eigenvalue weighted by molar-refractivity contribution is -0.384. The normalized spacial score (nSPS) is 15.5. The van der Waals surface area contributed by atoms with Crippen molar-refractivity contribution in [2.24, 2.45) is 0 Å². The molecular formula is C21H18F3N3O4. The lowest BCUT2D eigenvalue weighted by Gasteiger charge is -2.24. The first-order valence-corrected chi connectivity index (χ1v) is 9.46. The van der Waals surface area contributed by atoms with E-state index in [2.05, 4.69) is 10.2 Å². The molecule has 2 aromatic carbocycles. The highest BCUT2D eigenvalue weighted by Gasteiger charge is 2.33. The number of nitrogens with one attached hydrogen (secondary N) is 1. The molecule has 1 aliphatic rings. The van der Waals surface area contributed by atoms with Crippen LogP contribution in [0.1, 0.15) is 29.2 Å². The van der Waals surface area contributed by atoms with Crippen LogP contribution in [0.15, 0.2) is 24.3 Å². The van der Waals surface area contributed by atoms with Crippen LogP contribution in [-0.4, -0.2) is 29.3 Å². The van der Waals surface area contributed by atoms with E-state index in [1.165, 1.54) is 14.2 Å². The quantitative estimate of drug-likeness (QED) is 0.466. The van der Waals surface area contributed by atoms with Crippen molar-refractivity contribution < 1.29 is 27.6 Å². The van der Waals surface area contributed by atoms with Crippen molar-refractivity contribution in [2.75, 3.05) is 14.2 Å². The summed E-state index contributed by atoms with van der Waals surface area (Å²) < 4.78 is 53.6. The molecule has 1 aromatic heterocycles. The fourth-order valence-electron chi connectivity index (χ4n) is 4.10. The van der Waals surface area contributed by atoms with E-state index in [9.17, 15) is 23.3 Å². The van der Waals surface area contributed by atoms with E-state index in [1.54, 1.807) is 0 Å². The number of aromatic amines is 1. The third kappa shape index (κ3) is 3.47. The van der Waals surface area contributed by atoms with Gasteiger partial charge in [-0.3, -0.25) is 15.2 Å². The smallest absolute Gasteiger partial charge is 0.279 e. The van der Waals surface area contributed by atoms with Gasteiger partial charge in [0.2, 0.25) is 0 Å². The number of methoxy groups -OCH3 is 2. The Kier molecular flexibility index (Phi) is 5.30. The van der Waals surface area contributed by atoms with Crippen molar-refractivity contribution >= 4 is 5.69 Å². The lowest BCUT2D eigenvalue weighted by atomic mass is 9.81. The zero-order chi connectivity index (χ0) is 22.3. The zero-order valence-corrected chi connectivity index (χ0v) is 16.7. The largest absolute Gasteiger partial charge is 0.494 e. The van der Waals surface area contributed by atoms with Gasteiger partial charge in [0.15, 0.2) is 23.1 Å². The van der Waals surface area contributed by atoms with E-state index in [1.807, 2.05) is 0 Å². The third-order valence-corrected chi connectivity index (χ3v) is 5.57. The predicted molar refractivity (Wildman–Crippen MR) is 105 cm³/mol. The molecule has 0 bridgehead atoms. The number of rotatable bonds is 5. The Labute approximate surface area is 175 Å². The summed E-state index contributed by atoms with van der Waals surface area (Å²) in [6.07, 6.45) is 0.917. The van der Waals surface area contributed by atoms with Crippen LogP contribution in [0.4, 0.5) is 18.9 Å². The van der Waals surface area contributed by atoms with Gasteiger partial charge in [-0.2, -0.15) is 5.10 Å². The fraction of sp³-hybridized carbons (Fsp3) is 0.286. The highest BCUT2D eigenvalue weighted by atomic mass is 19.1. The molecule has 4 rings (SSSR count). The molecular weight excluding hydrogens is 415 g/mol. The van der Waals surface area contributed by atoms with Crippen LogP contribution in [0.25, 0.3) is 11.3 Å². The summed E-state index contributed by atoms with van der Waals surface area (Å²) in [4.78, 5) is 10.8. The second-order valence-electron chi connectivity index (χ2n) is 7.21. The van der Waals surface area contributed by atoms with Gasteiger partial charge in [0.05, 0.1) is 24.7 Å². The van der Waals surface area contributed by atoms with Crippen LogP contribution < -0.4 is 9.47 Å². The van der Waals surface area contributed by atoms with Gasteiger partial charge >= 0.3 is 0 Å². The third-order valence-electron chi connectivity index (χ3n) is 5.57. The number of benzene rings is 2. The molecule has 1 unspecified atom stereocenters. The molecule has 7 nitrogen and oxygen atoms in total. The number of hydrogen-bond donors (Lipinski definition) is 1. The van der Waals surface area contributed by atoms with E-state index in [-0.39, 0.29) is 40.4 Å². The molecule has 1 N–H and O–H groups in total. The van der Waals surface area contributed by atoms with E-state index in [0.29, 0.717) is 24.1 Å². The van der Waals surface area contributed by atoms with Crippen LogP contribution in [0.5, 0.6) is 11.5 Å². The molecule has 0 amide bonds. The van der Waals surface area contributed by atoms with E-state index < -0.39 is 28.3 Å². The number of nitro benzene ring substituents is 1. The van der Waals surface area contributed by atoms with Crippen LogP contribution >= 0.6 is 0 Å². The average Bonchev–Trinajstić information content (AvgIpc) is 3.17. The second kappa shape index (κ2) is 7.93. The van der Waals surface area contributed by atoms with Gasteiger partial charge < -0.3 is 9.47 Å². The molecule has 3 aromatic rings. The first-order chi connectivity index (χ1) is 14.8. The number of fused-ring (bicyclic) bond motifs is 1. The van der Waals surface area contributed by atoms with Gasteiger partial charge in [0, 0.05) is 29.0 Å². The second-order valence-corrected chi connectivity index (χ2v) is 7.21. The Balaban J connectivity index is 1.75. The Morgan fingerprint density at radius 1 is 1.13 bits per heavy atom. The summed E-state index contributed by atoms with van der Waals surface area (Å²) in [5.41, 5.74) is 1.17. The van der Waals surface area contributed by atoms with Crippen molar-refractivity contribution in [3.63, 3.8) is 0 Å². The standard InChI is InChI=1S/C21H18F3N3O4/c1-30-16-9-17(31-2)20(24)18(19(16)23)10-3-5-12-14(7-10)25-26-21(12)13-8-11(22)4-6-15(13)27(28)29/h4,6,8-10H,3,5,7H2,1-2H3,(H,25,26). The number of nitrogens with zero attached hydrogens (tertiary/aromatic N) is 2. The fourth-order valence-corrected chi connectivity index (χ4v) is 4.10. The molecule has 0 saturated heterocycles. The topological polar surface area (TPSA) is 90.3 Å². The molecule has 1 heterocycles. The van der Waals surface area contributed by atoms with Crippen LogP contribution in [0.2, 0.25) is 0 Å². The molecule has 0 fully saturated rings. The zero-order valence-electron chi connectivity index (χ0n) is 16.7. The van der Waals surface area contributed by atoms with E-state index >= 15 is 0 Å². The minimum Gasteiger partial charge on any atom is -0.494 e. The lowest BCUT2D eigenvalue weighted by Crippen LogP contribution is -2.16. The molecule has 1 aliphatic carbocycles. The molecule has 31 heavy (non-hydrogen) atoms. The number of aromatic nitrogens is 2. The first-order valence-electron chi connectivity index (χ1n) is 9.46. The highest BCUT2D eigenvalue weighted by Crippen LogP contribution is 2.43. The Morgan fingerprint density at radius 2 is 1.81 bits per heavy atom. The molecule has 0 radical (unpaired) electrons. The van der Waals surface area contributed by atoms with Gasteiger partial charge in [-0.25, -0.2) is 13.2 Å². The van der Waals surface area contributed by atoms with Gasteiger partial charge in [0.1, 0.15) is 11.5 Å². The maximum absolute atomic E-state index is 14.9. The summed E-state index contributed by atoms with van der Waals surface area (Å²) in [5, 5.41) is 18.3. The number of hydrogen-bond acceptors (Lipinski definition) is 5. The van der Waals surface area contributed by atoms with Crippen molar-refractivity contribution in [3.8, 4) is 22.8 Å². The highest BCUT2D eigenvalue weighted by molar-refractivity contribution is 5.74. The van der Waals surface area contributed by atoms with Crippen LogP contribution in [-0.2, 0) is 12.8 Å². The monoisotopic (exact) mass is 433 g/mol. The molecule has 162 valence electrons. The minimum absolute atomic E-state index is 0.0568. The van der Waals surface area contributed by atoms with Crippen molar-refractivity contribution in [2.45, 2.75) is 25.2 Å². The SMILES string of the molecule is COc1cc(OC)c(F)c(C2CCc3c(-c4cc(F)ccc4[N+](=O)[O-])n[nH]c3C2)c1F. The average molecular weight is 433 g/mol. The predicted octanol–water partition coefficient (Wildman–Crippen LogP) is 4.69.